The van der Waals surface area contributed by atoms with Gasteiger partial charge in [-0.1, -0.05) is 30.6 Å². The predicted molar refractivity (Wildman–Crippen MR) is 77.1 cm³/mol. The molecule has 1 aromatic carbocycles. The Kier molecular flexibility index (Phi) is 4.65. The van der Waals surface area contributed by atoms with Crippen molar-refractivity contribution in [2.75, 3.05) is 6.54 Å². The van der Waals surface area contributed by atoms with Crippen molar-refractivity contribution in [2.45, 2.75) is 43.5 Å². The highest BCUT2D eigenvalue weighted by Crippen LogP contribution is 2.27. The smallest absolute Gasteiger partial charge is 0.207 e. The number of hydrogen-bond acceptors (Lipinski definition) is 3. The molecule has 1 aromatic rings. The van der Waals surface area contributed by atoms with Gasteiger partial charge in [-0.25, -0.2) is 8.42 Å². The van der Waals surface area contributed by atoms with Crippen LogP contribution in [0.1, 0.15) is 32.6 Å². The third kappa shape index (κ3) is 2.95. The molecule has 0 saturated carbocycles. The molecule has 1 atom stereocenters. The molecule has 1 fully saturated rings. The van der Waals surface area contributed by atoms with Crippen LogP contribution in [0.2, 0.25) is 0 Å². The summed E-state index contributed by atoms with van der Waals surface area (Å²) in [6.45, 7) is 2.60. The van der Waals surface area contributed by atoms with Crippen LogP contribution in [0.3, 0.4) is 0 Å². The lowest BCUT2D eigenvalue weighted by Gasteiger charge is -2.34. The summed E-state index contributed by atoms with van der Waals surface area (Å²) in [5, 5.41) is 3.45. The third-order valence-electron chi connectivity index (χ3n) is 3.65. The first kappa shape index (κ1) is 14.8. The van der Waals surface area contributed by atoms with E-state index in [0.29, 0.717) is 12.2 Å². The first-order valence-corrected chi connectivity index (χ1v) is 8.20. The highest BCUT2D eigenvalue weighted by atomic mass is 32.2. The van der Waals surface area contributed by atoms with Crippen molar-refractivity contribution in [1.29, 1.82) is 0 Å². The van der Waals surface area contributed by atoms with E-state index in [4.69, 9.17) is 5.53 Å². The number of nitrogens with zero attached hydrogens (tertiary/aromatic N) is 4. The van der Waals surface area contributed by atoms with E-state index < -0.39 is 10.0 Å². The van der Waals surface area contributed by atoms with Crippen molar-refractivity contribution in [3.63, 3.8) is 0 Å². The second-order valence-corrected chi connectivity index (χ2v) is 6.75. The molecule has 0 radical (unpaired) electrons. The van der Waals surface area contributed by atoms with Crippen molar-refractivity contribution in [1.82, 2.24) is 4.31 Å². The normalized spacial score (nSPS) is 20.4. The maximum Gasteiger partial charge on any atom is 0.243 e. The van der Waals surface area contributed by atoms with Gasteiger partial charge in [0.2, 0.25) is 10.0 Å². The molecule has 7 heteroatoms. The van der Waals surface area contributed by atoms with E-state index in [1.165, 1.54) is 24.3 Å². The lowest BCUT2D eigenvalue weighted by molar-refractivity contribution is 0.246. The van der Waals surface area contributed by atoms with Crippen LogP contribution in [0.4, 0.5) is 5.69 Å². The fraction of sp³-hybridized carbons (Fsp3) is 0.538. The number of sulfonamides is 1. The predicted octanol–water partition coefficient (Wildman–Crippen LogP) is 3.58. The first-order valence-electron chi connectivity index (χ1n) is 6.76. The molecule has 6 nitrogen and oxygen atoms in total. The van der Waals surface area contributed by atoms with Crippen molar-refractivity contribution in [2.24, 2.45) is 5.11 Å². The van der Waals surface area contributed by atoms with Gasteiger partial charge in [0, 0.05) is 23.2 Å². The second kappa shape index (κ2) is 6.26. The topological polar surface area (TPSA) is 86.1 Å². The minimum atomic E-state index is -3.46. The largest absolute Gasteiger partial charge is 0.243 e. The Balaban J connectivity index is 2.31. The maximum atomic E-state index is 12.6. The number of rotatable bonds is 4. The summed E-state index contributed by atoms with van der Waals surface area (Å²) in [6, 6.07) is 6.14. The number of azide groups is 1. The fourth-order valence-electron chi connectivity index (χ4n) is 2.57. The van der Waals surface area contributed by atoms with Gasteiger partial charge in [-0.15, -0.1) is 0 Å². The highest BCUT2D eigenvalue weighted by molar-refractivity contribution is 7.89. The van der Waals surface area contributed by atoms with Gasteiger partial charge in [0.05, 0.1) is 4.90 Å². The van der Waals surface area contributed by atoms with E-state index in [9.17, 15) is 8.42 Å². The zero-order chi connectivity index (χ0) is 14.6. The zero-order valence-electron chi connectivity index (χ0n) is 11.4. The Hall–Kier alpha value is -1.56. The Labute approximate surface area is 119 Å². The van der Waals surface area contributed by atoms with Gasteiger partial charge >= 0.3 is 0 Å². The summed E-state index contributed by atoms with van der Waals surface area (Å²) in [5.74, 6) is 0. The van der Waals surface area contributed by atoms with E-state index in [1.54, 1.807) is 4.31 Å². The van der Waals surface area contributed by atoms with Gasteiger partial charge in [0.1, 0.15) is 0 Å². The lowest BCUT2D eigenvalue weighted by Crippen LogP contribution is -2.43. The molecule has 0 aromatic heterocycles. The summed E-state index contributed by atoms with van der Waals surface area (Å²) < 4.78 is 26.9. The molecule has 0 N–H and O–H groups in total. The first-order chi connectivity index (χ1) is 9.59. The van der Waals surface area contributed by atoms with Crippen molar-refractivity contribution >= 4 is 15.7 Å². The minimum Gasteiger partial charge on any atom is -0.207 e. The van der Waals surface area contributed by atoms with Crippen molar-refractivity contribution in [3.8, 4) is 0 Å². The van der Waals surface area contributed by atoms with Crippen LogP contribution in [0.5, 0.6) is 0 Å². The molecule has 1 aliphatic rings. The van der Waals surface area contributed by atoms with Gasteiger partial charge in [0.15, 0.2) is 0 Å². The van der Waals surface area contributed by atoms with Crippen LogP contribution >= 0.6 is 0 Å². The summed E-state index contributed by atoms with van der Waals surface area (Å²) in [4.78, 5) is 2.94. The van der Waals surface area contributed by atoms with E-state index >= 15 is 0 Å². The molecule has 0 spiro atoms. The van der Waals surface area contributed by atoms with Gasteiger partial charge in [-0.3, -0.25) is 0 Å². The molecular weight excluding hydrogens is 276 g/mol. The van der Waals surface area contributed by atoms with Gasteiger partial charge in [-0.2, -0.15) is 4.31 Å². The molecule has 1 saturated heterocycles. The number of piperidine rings is 1. The molecule has 20 heavy (non-hydrogen) atoms. The Morgan fingerprint density at radius 2 is 2.05 bits per heavy atom. The summed E-state index contributed by atoms with van der Waals surface area (Å²) in [7, 11) is -3.46. The molecule has 2 rings (SSSR count). The summed E-state index contributed by atoms with van der Waals surface area (Å²) in [6.07, 6.45) is 3.75. The van der Waals surface area contributed by atoms with E-state index in [-0.39, 0.29) is 10.9 Å². The van der Waals surface area contributed by atoms with Gasteiger partial charge < -0.3 is 0 Å². The van der Waals surface area contributed by atoms with E-state index in [0.717, 1.165) is 25.7 Å². The molecule has 1 heterocycles. The van der Waals surface area contributed by atoms with Crippen molar-refractivity contribution < 1.29 is 8.42 Å². The average molecular weight is 294 g/mol. The molecule has 0 bridgehead atoms. The van der Waals surface area contributed by atoms with Crippen molar-refractivity contribution in [3.05, 3.63) is 34.7 Å². The zero-order valence-corrected chi connectivity index (χ0v) is 12.3. The van der Waals surface area contributed by atoms with E-state index in [1.807, 2.05) is 6.92 Å². The standard InChI is InChI=1S/C13H18N4O2S/c1-2-12-5-3-4-10-17(12)20(18,19)13-8-6-11(7-9-13)15-16-14/h6-9,12H,2-5,10H2,1H3. The van der Waals surface area contributed by atoms with Crippen LogP contribution in [-0.4, -0.2) is 25.3 Å². The van der Waals surface area contributed by atoms with Crippen LogP contribution in [0.15, 0.2) is 34.3 Å². The van der Waals surface area contributed by atoms with Crippen LogP contribution in [0.25, 0.3) is 10.4 Å². The molecule has 0 amide bonds. The quantitative estimate of drug-likeness (QED) is 0.483. The summed E-state index contributed by atoms with van der Waals surface area (Å²) in [5.41, 5.74) is 8.77. The lowest BCUT2D eigenvalue weighted by atomic mass is 10.0. The Morgan fingerprint density at radius 1 is 1.35 bits per heavy atom. The highest BCUT2D eigenvalue weighted by Gasteiger charge is 2.32. The summed E-state index contributed by atoms with van der Waals surface area (Å²) >= 11 is 0. The Morgan fingerprint density at radius 3 is 2.65 bits per heavy atom. The monoisotopic (exact) mass is 294 g/mol. The van der Waals surface area contributed by atoms with Crippen LogP contribution in [-0.2, 0) is 10.0 Å². The van der Waals surface area contributed by atoms with E-state index in [2.05, 4.69) is 10.0 Å². The third-order valence-corrected chi connectivity index (χ3v) is 5.61. The molecule has 0 aliphatic carbocycles. The Bertz CT molecular complexity index is 606. The fourth-order valence-corrected chi connectivity index (χ4v) is 4.34. The SMILES string of the molecule is CCC1CCCCN1S(=O)(=O)c1ccc(N=[N+]=[N-])cc1. The molecule has 1 aliphatic heterocycles. The second-order valence-electron chi connectivity index (χ2n) is 4.86. The molecular formula is C13H18N4O2S. The molecule has 108 valence electrons. The van der Waals surface area contributed by atoms with Crippen LogP contribution in [0, 0.1) is 0 Å². The average Bonchev–Trinajstić information content (AvgIpc) is 2.48. The maximum absolute atomic E-state index is 12.6. The number of hydrogen-bond donors (Lipinski definition) is 0. The van der Waals surface area contributed by atoms with Crippen LogP contribution < -0.4 is 0 Å². The van der Waals surface area contributed by atoms with Gasteiger partial charge in [-0.05, 0) is 36.9 Å². The minimum absolute atomic E-state index is 0.0885. The molecule has 1 unspecified atom stereocenters. The number of benzene rings is 1. The van der Waals surface area contributed by atoms with Gasteiger partial charge in [0.25, 0.3) is 0 Å².